The van der Waals surface area contributed by atoms with Gasteiger partial charge in [-0.3, -0.25) is 0 Å². The van der Waals surface area contributed by atoms with Crippen molar-refractivity contribution in [3.8, 4) is 11.5 Å². The Hall–Kier alpha value is -2.69. The van der Waals surface area contributed by atoms with Gasteiger partial charge in [0, 0.05) is 23.9 Å². The number of aromatic hydroxyl groups is 1. The van der Waals surface area contributed by atoms with Gasteiger partial charge in [0.1, 0.15) is 17.2 Å². The zero-order valence-corrected chi connectivity index (χ0v) is 13.8. The minimum atomic E-state index is -0.369. The molecule has 0 aliphatic heterocycles. The van der Waals surface area contributed by atoms with E-state index in [-0.39, 0.29) is 11.7 Å². The second-order valence-corrected chi connectivity index (χ2v) is 4.97. The van der Waals surface area contributed by atoms with E-state index >= 15 is 0 Å². The Kier molecular flexibility index (Phi) is 5.11. The van der Waals surface area contributed by atoms with E-state index in [2.05, 4.69) is 0 Å². The molecule has 2 aromatic rings. The number of hydrogen-bond donors (Lipinski definition) is 1. The predicted octanol–water partition coefficient (Wildman–Crippen LogP) is 3.37. The molecule has 0 unspecified atom stereocenters. The Morgan fingerprint density at radius 3 is 2.57 bits per heavy atom. The van der Waals surface area contributed by atoms with E-state index in [1.165, 1.54) is 0 Å². The summed E-state index contributed by atoms with van der Waals surface area (Å²) in [5, 5.41) is 10.2. The van der Waals surface area contributed by atoms with Crippen LogP contribution < -0.4 is 4.74 Å². The molecule has 23 heavy (non-hydrogen) atoms. The first-order valence-corrected chi connectivity index (χ1v) is 7.40. The Bertz CT molecular complexity index is 743. The molecule has 0 atom stereocenters. The van der Waals surface area contributed by atoms with Gasteiger partial charge in [-0.15, -0.1) is 0 Å². The Morgan fingerprint density at radius 1 is 1.26 bits per heavy atom. The predicted molar refractivity (Wildman–Crippen MR) is 88.8 cm³/mol. The van der Waals surface area contributed by atoms with Gasteiger partial charge < -0.3 is 19.1 Å². The van der Waals surface area contributed by atoms with E-state index in [0.29, 0.717) is 23.6 Å². The van der Waals surface area contributed by atoms with Crippen molar-refractivity contribution in [1.82, 2.24) is 4.57 Å². The number of phenolic OH excluding ortho intramolecular Hbond substituents is 1. The average molecular weight is 315 g/mol. The number of rotatable bonds is 5. The van der Waals surface area contributed by atoms with Gasteiger partial charge >= 0.3 is 5.97 Å². The molecule has 1 aromatic heterocycles. The first-order chi connectivity index (χ1) is 11.0. The van der Waals surface area contributed by atoms with Crippen molar-refractivity contribution < 1.29 is 19.4 Å². The maximum atomic E-state index is 12.0. The van der Waals surface area contributed by atoms with E-state index in [4.69, 9.17) is 9.47 Å². The number of nitrogens with zero attached hydrogens (tertiary/aromatic N) is 1. The molecule has 0 aliphatic rings. The van der Waals surface area contributed by atoms with Gasteiger partial charge in [0.05, 0.1) is 13.7 Å². The fraction of sp³-hybridized carbons (Fsp3) is 0.278. The minimum absolute atomic E-state index is 0.151. The summed E-state index contributed by atoms with van der Waals surface area (Å²) < 4.78 is 12.0. The van der Waals surface area contributed by atoms with Crippen LogP contribution in [0.5, 0.6) is 11.5 Å². The highest BCUT2D eigenvalue weighted by Crippen LogP contribution is 2.33. The van der Waals surface area contributed by atoms with Gasteiger partial charge in [0.2, 0.25) is 0 Å². The molecular formula is C18H21NO4. The summed E-state index contributed by atoms with van der Waals surface area (Å²) >= 11 is 0. The Morgan fingerprint density at radius 2 is 1.96 bits per heavy atom. The van der Waals surface area contributed by atoms with Crippen LogP contribution in [0.15, 0.2) is 36.4 Å². The van der Waals surface area contributed by atoms with Crippen LogP contribution in [-0.2, 0) is 11.8 Å². The molecular weight excluding hydrogens is 294 g/mol. The monoisotopic (exact) mass is 315 g/mol. The lowest BCUT2D eigenvalue weighted by atomic mass is 10.0. The number of esters is 1. The lowest BCUT2D eigenvalue weighted by Gasteiger charge is -2.13. The third-order valence-corrected chi connectivity index (χ3v) is 3.66. The van der Waals surface area contributed by atoms with E-state index in [1.54, 1.807) is 49.9 Å². The van der Waals surface area contributed by atoms with Crippen LogP contribution in [0.2, 0.25) is 0 Å². The molecule has 1 aromatic carbocycles. The molecule has 1 N–H and O–H groups in total. The van der Waals surface area contributed by atoms with Crippen molar-refractivity contribution in [1.29, 1.82) is 0 Å². The molecule has 0 spiro atoms. The molecule has 2 rings (SSSR count). The molecule has 1 heterocycles. The number of aromatic nitrogens is 1. The van der Waals surface area contributed by atoms with Crippen molar-refractivity contribution >= 4 is 11.5 Å². The zero-order chi connectivity index (χ0) is 17.0. The number of ether oxygens (including phenoxy) is 2. The number of allylic oxidation sites excluding steroid dienone is 1. The Balaban J connectivity index is 2.50. The molecule has 5 nitrogen and oxygen atoms in total. The molecule has 5 heteroatoms. The smallest absolute Gasteiger partial charge is 0.354 e. The van der Waals surface area contributed by atoms with Gasteiger partial charge in [-0.25, -0.2) is 4.79 Å². The first kappa shape index (κ1) is 16.7. The van der Waals surface area contributed by atoms with Crippen molar-refractivity contribution in [2.45, 2.75) is 13.8 Å². The maximum Gasteiger partial charge on any atom is 0.354 e. The van der Waals surface area contributed by atoms with Crippen LogP contribution in [-0.4, -0.2) is 29.4 Å². The van der Waals surface area contributed by atoms with Crippen LogP contribution in [0, 0.1) is 0 Å². The van der Waals surface area contributed by atoms with Crippen molar-refractivity contribution in [3.05, 3.63) is 53.4 Å². The summed E-state index contributed by atoms with van der Waals surface area (Å²) in [6, 6.07) is 8.60. The van der Waals surface area contributed by atoms with Crippen LogP contribution in [0.4, 0.5) is 0 Å². The largest absolute Gasteiger partial charge is 0.507 e. The van der Waals surface area contributed by atoms with E-state index < -0.39 is 0 Å². The Labute approximate surface area is 135 Å². The van der Waals surface area contributed by atoms with Crippen molar-refractivity contribution in [3.63, 3.8) is 0 Å². The standard InChI is InChI=1S/C18H21NO4/c1-5-13(14-11-12(22-4)7-10-17(14)20)15-8-9-16(19(15)3)18(21)23-6-2/h5,7-11,20H,6H2,1-4H3/b13-5-. The fourth-order valence-corrected chi connectivity index (χ4v) is 2.49. The number of hydrogen-bond acceptors (Lipinski definition) is 4. The van der Waals surface area contributed by atoms with Gasteiger partial charge in [0.15, 0.2) is 0 Å². The molecule has 0 amide bonds. The highest BCUT2D eigenvalue weighted by molar-refractivity contribution is 5.90. The molecule has 0 radical (unpaired) electrons. The summed E-state index contributed by atoms with van der Waals surface area (Å²) in [6.45, 7) is 3.98. The summed E-state index contributed by atoms with van der Waals surface area (Å²) in [7, 11) is 3.37. The first-order valence-electron chi connectivity index (χ1n) is 7.40. The van der Waals surface area contributed by atoms with E-state index in [0.717, 1.165) is 11.3 Å². The normalized spacial score (nSPS) is 11.4. The van der Waals surface area contributed by atoms with Crippen LogP contribution >= 0.6 is 0 Å². The third kappa shape index (κ3) is 3.23. The highest BCUT2D eigenvalue weighted by atomic mass is 16.5. The fourth-order valence-electron chi connectivity index (χ4n) is 2.49. The number of benzene rings is 1. The summed E-state index contributed by atoms with van der Waals surface area (Å²) in [5.74, 6) is 0.432. The van der Waals surface area contributed by atoms with E-state index in [1.807, 2.05) is 19.1 Å². The average Bonchev–Trinajstić information content (AvgIpc) is 2.92. The SMILES string of the molecule is C/C=C(/c1cc(OC)ccc1O)c1ccc(C(=O)OCC)n1C. The minimum Gasteiger partial charge on any atom is -0.507 e. The molecule has 0 saturated carbocycles. The van der Waals surface area contributed by atoms with Gasteiger partial charge in [-0.1, -0.05) is 6.08 Å². The van der Waals surface area contributed by atoms with Crippen LogP contribution in [0.1, 0.15) is 35.6 Å². The lowest BCUT2D eigenvalue weighted by molar-refractivity contribution is 0.0515. The lowest BCUT2D eigenvalue weighted by Crippen LogP contribution is -2.11. The number of carbonyl (C=O) groups is 1. The van der Waals surface area contributed by atoms with E-state index in [9.17, 15) is 9.90 Å². The molecule has 0 bridgehead atoms. The molecule has 0 fully saturated rings. The van der Waals surface area contributed by atoms with Gasteiger partial charge in [-0.2, -0.15) is 0 Å². The van der Waals surface area contributed by atoms with Crippen molar-refractivity contribution in [2.75, 3.05) is 13.7 Å². The number of phenols is 1. The third-order valence-electron chi connectivity index (χ3n) is 3.66. The summed E-state index contributed by atoms with van der Waals surface area (Å²) in [5.41, 5.74) is 2.71. The molecule has 0 aliphatic carbocycles. The topological polar surface area (TPSA) is 60.7 Å². The number of methoxy groups -OCH3 is 1. The summed E-state index contributed by atoms with van der Waals surface area (Å²) in [6.07, 6.45) is 1.89. The van der Waals surface area contributed by atoms with Crippen LogP contribution in [0.25, 0.3) is 5.57 Å². The van der Waals surface area contributed by atoms with Gasteiger partial charge in [0.25, 0.3) is 0 Å². The van der Waals surface area contributed by atoms with Gasteiger partial charge in [-0.05, 0) is 44.2 Å². The number of carbonyl (C=O) groups excluding carboxylic acids is 1. The van der Waals surface area contributed by atoms with Crippen LogP contribution in [0.3, 0.4) is 0 Å². The highest BCUT2D eigenvalue weighted by Gasteiger charge is 2.18. The second-order valence-electron chi connectivity index (χ2n) is 4.97. The maximum absolute atomic E-state index is 12.0. The van der Waals surface area contributed by atoms with Crippen molar-refractivity contribution in [2.24, 2.45) is 7.05 Å². The summed E-state index contributed by atoms with van der Waals surface area (Å²) in [4.78, 5) is 12.0. The second kappa shape index (κ2) is 7.05. The zero-order valence-electron chi connectivity index (χ0n) is 13.8. The molecule has 122 valence electrons. The quantitative estimate of drug-likeness (QED) is 0.859. The molecule has 0 saturated heterocycles.